The average molecular weight is 393 g/mol. The predicted octanol–water partition coefficient (Wildman–Crippen LogP) is 3.76. The van der Waals surface area contributed by atoms with Gasteiger partial charge < -0.3 is 14.8 Å². The first-order valence-corrected chi connectivity index (χ1v) is 9.34. The quantitative estimate of drug-likeness (QED) is 0.618. The Morgan fingerprint density at radius 3 is 2.48 bits per heavy atom. The average Bonchev–Trinajstić information content (AvgIpc) is 3.15. The number of benzene rings is 2. The van der Waals surface area contributed by atoms with Crippen LogP contribution in [0.4, 0.5) is 5.69 Å². The van der Waals surface area contributed by atoms with E-state index in [9.17, 15) is 9.59 Å². The summed E-state index contributed by atoms with van der Waals surface area (Å²) in [5.74, 6) is -0.449. The Labute approximate surface area is 169 Å². The zero-order chi connectivity index (χ0) is 20.8. The van der Waals surface area contributed by atoms with Crippen LogP contribution in [0.2, 0.25) is 0 Å². The first-order valence-electron chi connectivity index (χ1n) is 9.34. The lowest BCUT2D eigenvalue weighted by atomic mass is 10.2. The second kappa shape index (κ2) is 9.05. The molecule has 0 aliphatic rings. The third-order valence-corrected chi connectivity index (χ3v) is 4.28. The van der Waals surface area contributed by atoms with E-state index in [-0.39, 0.29) is 0 Å². The maximum Gasteiger partial charge on any atom is 0.338 e. The largest absolute Gasteiger partial charge is 0.492 e. The van der Waals surface area contributed by atoms with Gasteiger partial charge in [-0.25, -0.2) is 9.48 Å². The number of nitrogens with zero attached hydrogens (tertiary/aromatic N) is 2. The van der Waals surface area contributed by atoms with E-state index >= 15 is 0 Å². The zero-order valence-electron chi connectivity index (χ0n) is 16.6. The number of rotatable bonds is 7. The standard InChI is InChI=1S/C22H23N3O4/c1-4-28-20-8-6-5-7-19(20)24-21(26)16(3)29-22(27)17-9-11-18(12-10-17)25-15(2)13-14-23-25/h5-14,16H,4H2,1-3H3,(H,24,26). The van der Waals surface area contributed by atoms with Gasteiger partial charge in [-0.15, -0.1) is 0 Å². The summed E-state index contributed by atoms with van der Waals surface area (Å²) in [6.07, 6.45) is 0.742. The summed E-state index contributed by atoms with van der Waals surface area (Å²) in [7, 11) is 0. The summed E-state index contributed by atoms with van der Waals surface area (Å²) in [5.41, 5.74) is 2.70. The number of aromatic nitrogens is 2. The molecule has 0 saturated carbocycles. The van der Waals surface area contributed by atoms with E-state index in [0.717, 1.165) is 11.4 Å². The molecule has 0 aliphatic heterocycles. The Morgan fingerprint density at radius 1 is 1.10 bits per heavy atom. The lowest BCUT2D eigenvalue weighted by Crippen LogP contribution is -2.30. The van der Waals surface area contributed by atoms with Crippen molar-refractivity contribution in [2.45, 2.75) is 26.9 Å². The molecule has 1 unspecified atom stereocenters. The van der Waals surface area contributed by atoms with Gasteiger partial charge in [0.15, 0.2) is 6.10 Å². The van der Waals surface area contributed by atoms with Gasteiger partial charge in [0, 0.05) is 11.9 Å². The van der Waals surface area contributed by atoms with Crippen molar-refractivity contribution >= 4 is 17.6 Å². The number of ether oxygens (including phenoxy) is 2. The molecule has 1 N–H and O–H groups in total. The Bertz CT molecular complexity index is 995. The fourth-order valence-corrected chi connectivity index (χ4v) is 2.75. The molecule has 7 heteroatoms. The Balaban J connectivity index is 1.63. The Morgan fingerprint density at radius 2 is 1.83 bits per heavy atom. The monoisotopic (exact) mass is 393 g/mol. The molecule has 0 fully saturated rings. The molecule has 3 rings (SSSR count). The van der Waals surface area contributed by atoms with Crippen LogP contribution in [-0.2, 0) is 9.53 Å². The molecule has 7 nitrogen and oxygen atoms in total. The molecule has 0 spiro atoms. The van der Waals surface area contributed by atoms with E-state index in [1.165, 1.54) is 6.92 Å². The van der Waals surface area contributed by atoms with Crippen molar-refractivity contribution in [1.29, 1.82) is 0 Å². The van der Waals surface area contributed by atoms with Gasteiger partial charge in [-0.3, -0.25) is 4.79 Å². The first-order chi connectivity index (χ1) is 14.0. The highest BCUT2D eigenvalue weighted by molar-refractivity contribution is 5.98. The van der Waals surface area contributed by atoms with Crippen LogP contribution in [-0.4, -0.2) is 34.4 Å². The first kappa shape index (κ1) is 20.1. The highest BCUT2D eigenvalue weighted by Gasteiger charge is 2.20. The number of anilines is 1. The fraction of sp³-hybridized carbons (Fsp3) is 0.227. The Kier molecular flexibility index (Phi) is 6.29. The van der Waals surface area contributed by atoms with Crippen LogP contribution in [0.15, 0.2) is 60.8 Å². The van der Waals surface area contributed by atoms with Gasteiger partial charge in [0.2, 0.25) is 0 Å². The van der Waals surface area contributed by atoms with Crippen molar-refractivity contribution in [3.63, 3.8) is 0 Å². The number of para-hydroxylation sites is 2. The number of carbonyl (C=O) groups excluding carboxylic acids is 2. The number of nitrogens with one attached hydrogen (secondary N) is 1. The number of esters is 1. The van der Waals surface area contributed by atoms with Crippen LogP contribution in [0.25, 0.3) is 5.69 Å². The van der Waals surface area contributed by atoms with Crippen molar-refractivity contribution in [2.24, 2.45) is 0 Å². The van der Waals surface area contributed by atoms with Gasteiger partial charge in [0.1, 0.15) is 5.75 Å². The number of aryl methyl sites for hydroxylation is 1. The number of amides is 1. The SMILES string of the molecule is CCOc1ccccc1NC(=O)C(C)OC(=O)c1ccc(-n2nccc2C)cc1. The molecule has 3 aromatic rings. The van der Waals surface area contributed by atoms with Crippen LogP contribution in [0.5, 0.6) is 5.75 Å². The van der Waals surface area contributed by atoms with Crippen LogP contribution in [0.1, 0.15) is 29.9 Å². The topological polar surface area (TPSA) is 82.5 Å². The maximum absolute atomic E-state index is 12.4. The van der Waals surface area contributed by atoms with Gasteiger partial charge in [-0.05, 0) is 63.2 Å². The molecule has 0 aliphatic carbocycles. The zero-order valence-corrected chi connectivity index (χ0v) is 16.6. The molecule has 29 heavy (non-hydrogen) atoms. The van der Waals surface area contributed by atoms with Gasteiger partial charge in [-0.2, -0.15) is 5.10 Å². The van der Waals surface area contributed by atoms with E-state index < -0.39 is 18.0 Å². The maximum atomic E-state index is 12.4. The molecule has 0 bridgehead atoms. The minimum absolute atomic E-state index is 0.355. The lowest BCUT2D eigenvalue weighted by Gasteiger charge is -2.15. The number of hydrogen-bond acceptors (Lipinski definition) is 5. The van der Waals surface area contributed by atoms with Gasteiger partial charge in [-0.1, -0.05) is 12.1 Å². The van der Waals surface area contributed by atoms with E-state index in [1.54, 1.807) is 53.3 Å². The van der Waals surface area contributed by atoms with E-state index in [2.05, 4.69) is 10.4 Å². The normalized spacial score (nSPS) is 11.6. The van der Waals surface area contributed by atoms with Crippen LogP contribution in [0, 0.1) is 6.92 Å². The molecular weight excluding hydrogens is 370 g/mol. The third-order valence-electron chi connectivity index (χ3n) is 4.28. The molecule has 2 aromatic carbocycles. The number of hydrogen-bond donors (Lipinski definition) is 1. The predicted molar refractivity (Wildman–Crippen MR) is 109 cm³/mol. The van der Waals surface area contributed by atoms with Gasteiger partial charge >= 0.3 is 5.97 Å². The van der Waals surface area contributed by atoms with Gasteiger partial charge in [0.05, 0.1) is 23.5 Å². The van der Waals surface area contributed by atoms with Crippen molar-refractivity contribution in [3.8, 4) is 11.4 Å². The molecular formula is C22H23N3O4. The molecule has 0 radical (unpaired) electrons. The second-order valence-electron chi connectivity index (χ2n) is 6.40. The van der Waals surface area contributed by atoms with Crippen molar-refractivity contribution in [3.05, 3.63) is 72.1 Å². The molecule has 1 aromatic heterocycles. The second-order valence-corrected chi connectivity index (χ2v) is 6.40. The summed E-state index contributed by atoms with van der Waals surface area (Å²) in [5, 5.41) is 6.96. The Hall–Kier alpha value is -3.61. The van der Waals surface area contributed by atoms with Crippen LogP contribution >= 0.6 is 0 Å². The van der Waals surface area contributed by atoms with Gasteiger partial charge in [0.25, 0.3) is 5.91 Å². The summed E-state index contributed by atoms with van der Waals surface area (Å²) in [4.78, 5) is 24.8. The van der Waals surface area contributed by atoms with Crippen molar-refractivity contribution in [1.82, 2.24) is 9.78 Å². The van der Waals surface area contributed by atoms with E-state index in [0.29, 0.717) is 23.6 Å². The third kappa shape index (κ3) is 4.82. The van der Waals surface area contributed by atoms with E-state index in [4.69, 9.17) is 9.47 Å². The van der Waals surface area contributed by atoms with Crippen LogP contribution in [0.3, 0.4) is 0 Å². The minimum atomic E-state index is -0.967. The van der Waals surface area contributed by atoms with Crippen molar-refractivity contribution < 1.29 is 19.1 Å². The molecule has 150 valence electrons. The molecule has 1 amide bonds. The van der Waals surface area contributed by atoms with Crippen molar-refractivity contribution in [2.75, 3.05) is 11.9 Å². The summed E-state index contributed by atoms with van der Waals surface area (Å²) >= 11 is 0. The van der Waals surface area contributed by atoms with Crippen LogP contribution < -0.4 is 10.1 Å². The summed E-state index contributed by atoms with van der Waals surface area (Å²) < 4.78 is 12.6. The lowest BCUT2D eigenvalue weighted by molar-refractivity contribution is -0.123. The molecule has 0 saturated heterocycles. The minimum Gasteiger partial charge on any atom is -0.492 e. The van der Waals surface area contributed by atoms with E-state index in [1.807, 2.05) is 26.0 Å². The fourth-order valence-electron chi connectivity index (χ4n) is 2.75. The summed E-state index contributed by atoms with van der Waals surface area (Å²) in [6.45, 7) is 5.81. The highest BCUT2D eigenvalue weighted by Crippen LogP contribution is 2.24. The summed E-state index contributed by atoms with van der Waals surface area (Å²) in [6, 6.07) is 15.8. The smallest absolute Gasteiger partial charge is 0.338 e. The molecule has 1 atom stereocenters. The number of carbonyl (C=O) groups is 2. The highest BCUT2D eigenvalue weighted by atomic mass is 16.5. The molecule has 1 heterocycles.